The Morgan fingerprint density at radius 1 is 0.375 bits per heavy atom. The zero-order chi connectivity index (χ0) is 96.0. The molecule has 740 valence electrons. The molecule has 7 aromatic carbocycles. The average molecular weight is 1840 g/mol. The Kier molecular flexibility index (Phi) is 49.5. The van der Waals surface area contributed by atoms with Crippen LogP contribution in [0.15, 0.2) is 182 Å². The number of hydrogen-bond donors (Lipinski definition) is 0. The Morgan fingerprint density at radius 3 is 1.27 bits per heavy atom. The molecule has 0 N–H and O–H groups in total. The summed E-state index contributed by atoms with van der Waals surface area (Å²) in [5, 5.41) is 19.1. The van der Waals surface area contributed by atoms with Crippen molar-refractivity contribution >= 4 is 11.9 Å². The standard InChI is InChI=1S/C25H31N.C24H30O2.C20H26N2.C20H32.C19H33N.C19H28O2.CH4/c1-3-4-5-6-21-7-9-22(10-8-21)23-11-13-24(14-12-23)25(19-26)17-15-20(2)16-18-25;1-4-5-19-8-13-22(16-18(19)3)20-9-11-21(12-10-20)24(25)26-23-14-6-17(2)7-15-23;1-3-4-16-7-11-17(12-8-16)19-13-21-20(22-14-19)18-9-5-15(2)6-10-18;1-3-4-5-6-18-11-13-20(14-12-18)16-15-19-9-7-17(2)8-10-19;1-3-4-5-6-16-7-9-17(10-8-16)18-11-13-19(2,15-20)14-12-18;1-3-4-5-6-16-9-11-17(12-10-16)19(20)21-18-13-7-15(2)8-14-18;/h7-14,20H,3-6,15-18H2,1-2H3;6-7,9-12,14-15,18-19,22H,4-5,8,13,16H2,1-3H3;5-6,9-10,13-14,16-17H,3-4,7-8,11-12H2,1-2H3;7-10,18,20H,3-6,11-16H2,1-2H3;16-18H,3-14H2,1-2H3;7-8,13-14,16-17H,3-6,9-12H2,1-2H3;1H4. The molecule has 1 aromatic heterocycles. The maximum atomic E-state index is 12.3. The predicted octanol–water partition coefficient (Wildman–Crippen LogP) is 37.4. The quantitative estimate of drug-likeness (QED) is 0.0226. The van der Waals surface area contributed by atoms with Crippen molar-refractivity contribution in [3.8, 4) is 46.2 Å². The lowest BCUT2D eigenvalue weighted by Crippen LogP contribution is -2.29. The maximum Gasteiger partial charge on any atom is 0.343 e. The minimum atomic E-state index is -0.291. The zero-order valence-corrected chi connectivity index (χ0v) is 86.9. The molecule has 0 bridgehead atoms. The number of aryl methyl sites for hydroxylation is 6. The van der Waals surface area contributed by atoms with E-state index in [1.165, 1.54) is 319 Å². The molecule has 0 spiro atoms. The summed E-state index contributed by atoms with van der Waals surface area (Å²) in [5.74, 6) is 12.4. The molecule has 7 aliphatic rings. The first-order valence-corrected chi connectivity index (χ1v) is 55.3. The normalized spacial score (nSPS) is 24.6. The number of nitrogens with zero attached hydrogens (tertiary/aromatic N) is 4. The van der Waals surface area contributed by atoms with Crippen LogP contribution >= 0.6 is 0 Å². The predicted molar refractivity (Wildman–Crippen MR) is 576 cm³/mol. The van der Waals surface area contributed by atoms with Gasteiger partial charge in [0, 0.05) is 18.0 Å². The lowest BCUT2D eigenvalue weighted by molar-refractivity contribution is -0.140. The number of esters is 2. The van der Waals surface area contributed by atoms with E-state index in [2.05, 4.69) is 207 Å². The number of nitriles is 2. The Hall–Kier alpha value is -8.46. The van der Waals surface area contributed by atoms with Crippen LogP contribution in [0.5, 0.6) is 11.5 Å². The van der Waals surface area contributed by atoms with E-state index < -0.39 is 0 Å². The van der Waals surface area contributed by atoms with Gasteiger partial charge in [-0.2, -0.15) is 10.5 Å². The van der Waals surface area contributed by atoms with Crippen LogP contribution in [0.3, 0.4) is 0 Å². The molecule has 15 rings (SSSR count). The minimum absolute atomic E-state index is 0. The van der Waals surface area contributed by atoms with Crippen LogP contribution in [0.1, 0.15) is 444 Å². The monoisotopic (exact) mass is 1840 g/mol. The molecule has 7 saturated carbocycles. The highest BCUT2D eigenvalue weighted by Crippen LogP contribution is 2.48. The molecule has 136 heavy (non-hydrogen) atoms. The Morgan fingerprint density at radius 2 is 0.787 bits per heavy atom. The number of unbranched alkanes of at least 4 members (excludes halogenated alkanes) is 8. The number of ether oxygens (including phenoxy) is 2. The summed E-state index contributed by atoms with van der Waals surface area (Å²) < 4.78 is 11.0. The van der Waals surface area contributed by atoms with E-state index in [-0.39, 0.29) is 36.1 Å². The van der Waals surface area contributed by atoms with E-state index in [0.717, 1.165) is 127 Å². The Labute approximate surface area is 830 Å². The third-order valence-electron chi connectivity index (χ3n) is 32.9. The molecule has 8 aromatic rings. The third-order valence-corrected chi connectivity index (χ3v) is 32.9. The lowest BCUT2D eigenvalue weighted by Gasteiger charge is -2.39. The van der Waals surface area contributed by atoms with Crippen molar-refractivity contribution in [2.24, 2.45) is 70.5 Å². The number of hydrogen-bond acceptors (Lipinski definition) is 8. The minimum Gasteiger partial charge on any atom is -0.426 e. The van der Waals surface area contributed by atoms with E-state index in [0.29, 0.717) is 28.9 Å². The van der Waals surface area contributed by atoms with Crippen LogP contribution in [0, 0.1) is 121 Å². The first-order valence-electron chi connectivity index (χ1n) is 55.3. The summed E-state index contributed by atoms with van der Waals surface area (Å²) in [7, 11) is 0. The van der Waals surface area contributed by atoms with Gasteiger partial charge in [-0.05, 0) is 341 Å². The van der Waals surface area contributed by atoms with Gasteiger partial charge in [0.2, 0.25) is 0 Å². The number of carbonyl (C=O) groups excluding carboxylic acids is 2. The molecule has 7 fully saturated rings. The van der Waals surface area contributed by atoms with Gasteiger partial charge in [0.15, 0.2) is 5.82 Å². The summed E-state index contributed by atoms with van der Waals surface area (Å²) in [6.07, 6.45) is 68.7. The van der Waals surface area contributed by atoms with Crippen molar-refractivity contribution < 1.29 is 19.1 Å². The molecule has 3 unspecified atom stereocenters. The average Bonchev–Trinajstić information content (AvgIpc) is 0.789. The van der Waals surface area contributed by atoms with Crippen LogP contribution in [0.4, 0.5) is 0 Å². The first kappa shape index (κ1) is 111. The first-order chi connectivity index (χ1) is 65.6. The topological polar surface area (TPSA) is 126 Å². The Balaban J connectivity index is 0.000000183. The van der Waals surface area contributed by atoms with Gasteiger partial charge in [-0.1, -0.05) is 373 Å². The molecular weight excluding hydrogens is 1660 g/mol. The molecule has 8 heteroatoms. The molecule has 0 radical (unpaired) electrons. The second-order valence-electron chi connectivity index (χ2n) is 43.8. The highest BCUT2D eigenvalue weighted by molar-refractivity contribution is 5.91. The molecule has 0 saturated heterocycles. The van der Waals surface area contributed by atoms with Gasteiger partial charge in [-0.3, -0.25) is 4.79 Å². The fraction of sp³-hybridized carbons (Fsp3) is 0.609. The number of carbonyl (C=O) groups is 2. The summed E-state index contributed by atoms with van der Waals surface area (Å²) in [6.45, 7) is 28.9. The maximum absolute atomic E-state index is 12.3. The van der Waals surface area contributed by atoms with Gasteiger partial charge in [-0.15, -0.1) is 0 Å². The fourth-order valence-electron chi connectivity index (χ4n) is 23.2. The van der Waals surface area contributed by atoms with Crippen LogP contribution in [0.2, 0.25) is 0 Å². The van der Waals surface area contributed by atoms with Crippen molar-refractivity contribution in [2.45, 2.75) is 429 Å². The largest absolute Gasteiger partial charge is 0.426 e. The third kappa shape index (κ3) is 37.6. The van der Waals surface area contributed by atoms with Crippen molar-refractivity contribution in [1.82, 2.24) is 9.97 Å². The summed E-state index contributed by atoms with van der Waals surface area (Å²) in [4.78, 5) is 33.7. The molecular formula is C128H184N4O4. The summed E-state index contributed by atoms with van der Waals surface area (Å²) in [6, 6.07) is 63.8. The molecule has 0 aliphatic heterocycles. The van der Waals surface area contributed by atoms with E-state index >= 15 is 0 Å². The highest BCUT2D eigenvalue weighted by atomic mass is 16.5. The second-order valence-corrected chi connectivity index (χ2v) is 43.8. The molecule has 3 atom stereocenters. The number of rotatable bonds is 33. The Bertz CT molecular complexity index is 4640. The van der Waals surface area contributed by atoms with Gasteiger partial charge in [-0.25, -0.2) is 14.8 Å². The smallest absolute Gasteiger partial charge is 0.343 e. The van der Waals surface area contributed by atoms with E-state index in [9.17, 15) is 20.1 Å². The molecule has 7 aliphatic carbocycles. The molecule has 0 amide bonds. The van der Waals surface area contributed by atoms with Crippen LogP contribution in [-0.4, -0.2) is 21.9 Å². The highest BCUT2D eigenvalue weighted by Gasteiger charge is 2.38. The van der Waals surface area contributed by atoms with Crippen LogP contribution in [0.25, 0.3) is 22.5 Å². The van der Waals surface area contributed by atoms with E-state index in [4.69, 9.17) is 9.47 Å². The zero-order valence-electron chi connectivity index (χ0n) is 86.9. The van der Waals surface area contributed by atoms with E-state index in [1.54, 1.807) is 0 Å². The van der Waals surface area contributed by atoms with E-state index in [1.807, 2.05) is 86.9 Å². The molecule has 1 heterocycles. The van der Waals surface area contributed by atoms with Gasteiger partial charge < -0.3 is 9.47 Å². The van der Waals surface area contributed by atoms with Crippen LogP contribution in [-0.2, 0) is 23.1 Å². The van der Waals surface area contributed by atoms with Crippen LogP contribution < -0.4 is 9.47 Å². The summed E-state index contributed by atoms with van der Waals surface area (Å²) >= 11 is 0. The second kappa shape index (κ2) is 60.5. The van der Waals surface area contributed by atoms with Gasteiger partial charge in [0.1, 0.15) is 11.5 Å². The fourth-order valence-corrected chi connectivity index (χ4v) is 23.2. The van der Waals surface area contributed by atoms with Crippen molar-refractivity contribution in [3.63, 3.8) is 0 Å². The number of benzene rings is 7. The van der Waals surface area contributed by atoms with Gasteiger partial charge in [0.05, 0.1) is 34.4 Å². The summed E-state index contributed by atoms with van der Waals surface area (Å²) in [5.41, 5.74) is 15.8. The van der Waals surface area contributed by atoms with Gasteiger partial charge >= 0.3 is 11.9 Å². The van der Waals surface area contributed by atoms with Crippen molar-refractivity contribution in [1.29, 1.82) is 10.5 Å². The van der Waals surface area contributed by atoms with Crippen molar-refractivity contribution in [3.05, 3.63) is 238 Å². The lowest BCUT2D eigenvalue weighted by atomic mass is 9.65. The SMILES string of the molecule is C.CCCC1CCC(c2ccc(C(=O)Oc3ccc(C)cc3)cc2)CC1C.CCCC1CCC(c2cnc(-c3ccc(C)cc3)nc2)CC1.CCCCCC1CCC(C(=O)Oc2ccc(C)cc2)CC1.CCCCCC1CCC(C2CCC(C)(C#N)CC2)CC1.CCCCCC1CCC(CCc2ccc(C)cc2)CC1.CCCCCc1ccc(-c2ccc(C3(C#N)CCC(C)CC3)cc2)cc1. The molecule has 8 nitrogen and oxygen atoms in total. The van der Waals surface area contributed by atoms with Gasteiger partial charge in [0.25, 0.3) is 0 Å². The number of aromatic nitrogens is 2. The van der Waals surface area contributed by atoms with Crippen molar-refractivity contribution in [2.75, 3.05) is 0 Å².